The lowest BCUT2D eigenvalue weighted by Crippen LogP contribution is -2.46. The molecule has 0 spiro atoms. The molecule has 1 aliphatic heterocycles. The molecule has 2 aromatic heterocycles. The van der Waals surface area contributed by atoms with E-state index in [4.69, 9.17) is 10.5 Å². The van der Waals surface area contributed by atoms with Gasteiger partial charge in [-0.3, -0.25) is 32.9 Å². The van der Waals surface area contributed by atoms with Crippen molar-refractivity contribution in [3.8, 4) is 0 Å². The number of nitrogen functional groups attached to an aromatic ring is 1. The fourth-order valence-corrected chi connectivity index (χ4v) is 8.80. The number of imidazole rings is 1. The number of ketones is 1. The summed E-state index contributed by atoms with van der Waals surface area (Å²) in [6.45, 7) is 1.92. The second kappa shape index (κ2) is 24.1. The first-order chi connectivity index (χ1) is 28.9. The molecule has 7 atom stereocenters. The van der Waals surface area contributed by atoms with E-state index in [-0.39, 0.29) is 66.0 Å². The van der Waals surface area contributed by atoms with Crippen molar-refractivity contribution in [1.29, 1.82) is 0 Å². The summed E-state index contributed by atoms with van der Waals surface area (Å²) in [5.74, 6) is -1.63. The number of Topliss-reactive ketones (excluding diaryl/α,β-unsaturated/α-hetero) is 1. The molecule has 3 rings (SSSR count). The molecule has 6 N–H and O–H groups in total. The zero-order valence-electron chi connectivity index (χ0n) is 33.7. The molecule has 1 aliphatic rings. The molecule has 0 bridgehead atoms. The van der Waals surface area contributed by atoms with Crippen LogP contribution in [0.3, 0.4) is 0 Å². The number of nitrogens with two attached hydrogens (primary N) is 1. The van der Waals surface area contributed by atoms with Crippen molar-refractivity contribution < 1.29 is 85.3 Å². The lowest BCUT2D eigenvalue weighted by molar-refractivity contribution is -0.347. The predicted octanol–water partition coefficient (Wildman–Crippen LogP) is -1.21. The first-order valence-corrected chi connectivity index (χ1v) is 24.1. The van der Waals surface area contributed by atoms with Crippen molar-refractivity contribution in [3.05, 3.63) is 37.0 Å². The van der Waals surface area contributed by atoms with Crippen LogP contribution >= 0.6 is 35.2 Å². The molecule has 25 nitrogen and oxygen atoms in total. The Bertz CT molecular complexity index is 2070. The van der Waals surface area contributed by atoms with E-state index in [1.807, 2.05) is 31.2 Å². The minimum absolute atomic E-state index is 0.0283. The number of carbonyl (C=O) groups excluding carboxylic acids is 4. The van der Waals surface area contributed by atoms with Gasteiger partial charge >= 0.3 is 0 Å². The van der Waals surface area contributed by atoms with Crippen LogP contribution in [0, 0.1) is 5.41 Å². The first kappa shape index (κ1) is 53.1. The van der Waals surface area contributed by atoms with E-state index >= 15 is 0 Å². The van der Waals surface area contributed by atoms with Crippen LogP contribution in [0.1, 0.15) is 65.5 Å². The molecule has 29 heteroatoms. The Balaban J connectivity index is 1.40. The van der Waals surface area contributed by atoms with Gasteiger partial charge in [-0.05, 0) is 19.3 Å². The number of aromatic nitrogens is 4. The Morgan fingerprint density at radius 2 is 1.71 bits per heavy atom. The summed E-state index contributed by atoms with van der Waals surface area (Å²) in [7, 11) is -17.6. The van der Waals surface area contributed by atoms with Crippen molar-refractivity contribution in [2.75, 3.05) is 37.8 Å². The summed E-state index contributed by atoms with van der Waals surface area (Å²) in [5.41, 5.74) is 4.03. The van der Waals surface area contributed by atoms with Gasteiger partial charge in [0.25, 0.3) is 15.6 Å². The molecule has 0 aliphatic carbocycles. The zero-order chi connectivity index (χ0) is 46.3. The maximum absolute atomic E-state index is 12.6. The van der Waals surface area contributed by atoms with Gasteiger partial charge in [-0.15, -0.1) is 0 Å². The minimum Gasteiger partial charge on any atom is -0.790 e. The molecular formula is C33H48N7O18P3S-4. The van der Waals surface area contributed by atoms with Gasteiger partial charge in [-0.2, -0.15) is 0 Å². The summed E-state index contributed by atoms with van der Waals surface area (Å²) >= 11 is 0.892. The number of nitrogens with zero attached hydrogens (tertiary/aromatic N) is 4. The molecule has 0 aromatic carbocycles. The van der Waals surface area contributed by atoms with Gasteiger partial charge in [0.1, 0.15) is 42.0 Å². The largest absolute Gasteiger partial charge is 0.790 e. The summed E-state index contributed by atoms with van der Waals surface area (Å²) in [6, 6.07) is 0. The Kier molecular flexibility index (Phi) is 20.6. The second-order valence-electron chi connectivity index (χ2n) is 14.0. The van der Waals surface area contributed by atoms with Gasteiger partial charge in [0, 0.05) is 37.1 Å². The van der Waals surface area contributed by atoms with Crippen molar-refractivity contribution in [3.63, 3.8) is 0 Å². The van der Waals surface area contributed by atoms with Crippen molar-refractivity contribution >= 4 is 74.9 Å². The number of anilines is 1. The fourth-order valence-electron chi connectivity index (χ4n) is 5.37. The van der Waals surface area contributed by atoms with Crippen molar-refractivity contribution in [2.45, 2.75) is 89.9 Å². The highest BCUT2D eigenvalue weighted by molar-refractivity contribution is 8.13. The Hall–Kier alpha value is -3.29. The highest BCUT2D eigenvalue weighted by Gasteiger charge is 2.47. The molecule has 1 fully saturated rings. The van der Waals surface area contributed by atoms with Crippen LogP contribution in [-0.4, -0.2) is 109 Å². The number of allylic oxidation sites excluding steroid dienone is 4. The Morgan fingerprint density at radius 1 is 1.02 bits per heavy atom. The van der Waals surface area contributed by atoms with Crippen LogP contribution in [0.5, 0.6) is 0 Å². The zero-order valence-corrected chi connectivity index (χ0v) is 37.2. The number of amides is 2. The molecule has 2 aromatic rings. The van der Waals surface area contributed by atoms with E-state index in [9.17, 15) is 62.7 Å². The van der Waals surface area contributed by atoms with Gasteiger partial charge in [0.2, 0.25) is 11.8 Å². The third-order valence-electron chi connectivity index (χ3n) is 8.51. The van der Waals surface area contributed by atoms with E-state index in [0.29, 0.717) is 6.42 Å². The van der Waals surface area contributed by atoms with E-state index in [2.05, 4.69) is 43.5 Å². The average Bonchev–Trinajstić information content (AvgIpc) is 3.74. The maximum atomic E-state index is 12.6. The summed E-state index contributed by atoms with van der Waals surface area (Å²) < 4.78 is 60.6. The number of ether oxygens (including phenoxy) is 1. The molecule has 1 saturated heterocycles. The van der Waals surface area contributed by atoms with Gasteiger partial charge < -0.3 is 69.0 Å². The van der Waals surface area contributed by atoms with Crippen molar-refractivity contribution in [1.82, 2.24) is 30.2 Å². The number of aliphatic hydroxyl groups excluding tert-OH is 2. The number of fused-ring (bicyclic) bond motifs is 1. The number of carbonyl (C=O) groups is 4. The molecule has 0 radical (unpaired) electrons. The highest BCUT2D eigenvalue weighted by Crippen LogP contribution is 2.56. The van der Waals surface area contributed by atoms with Crippen LogP contribution in [0.2, 0.25) is 0 Å². The molecule has 62 heavy (non-hydrogen) atoms. The number of phosphoric acid groups is 3. The Labute approximate surface area is 359 Å². The molecular weight excluding hydrogens is 907 g/mol. The average molecular weight is 956 g/mol. The topological polar surface area (TPSA) is 392 Å². The third kappa shape index (κ3) is 17.7. The summed E-state index contributed by atoms with van der Waals surface area (Å²) in [4.78, 5) is 108. The van der Waals surface area contributed by atoms with Gasteiger partial charge in [-0.25, -0.2) is 19.3 Å². The smallest absolute Gasteiger partial charge is 0.274 e. The number of nitrogens with one attached hydrogen (secondary N) is 2. The standard InChI is InChI=1S/C33H52N7O18P3S/c1-4-5-6-7-8-9-10-11-21(41)16-24(43)62-15-14-35-23(42)12-13-36-31(46)28(45)33(2,3)18-55-61(52,53)58-60(50,51)54-17-22-27(57-59(47,48)49)26(44)32(56-22)40-20-39-25-29(34)37-19-38-30(25)40/h5-6,8-9,19-20,22,26-28,32,44-45H,4,7,10-18H2,1-3H3,(H,35,42)(H,36,46)(H,50,51)(H,52,53)(H2,34,37,38)(H2,47,48,49)/p-4/b6-5-,9-8-/t22-,26-,27-,28+,32-/m1/s1. The predicted molar refractivity (Wildman–Crippen MR) is 210 cm³/mol. The molecule has 0 saturated carbocycles. The molecule has 2 amide bonds. The first-order valence-electron chi connectivity index (χ1n) is 18.7. The van der Waals surface area contributed by atoms with Crippen LogP contribution in [-0.2, 0) is 55.5 Å². The van der Waals surface area contributed by atoms with E-state index in [1.54, 1.807) is 0 Å². The maximum Gasteiger partial charge on any atom is 0.274 e. The number of rotatable bonds is 27. The lowest BCUT2D eigenvalue weighted by Gasteiger charge is -2.36. The molecule has 3 heterocycles. The van der Waals surface area contributed by atoms with Gasteiger partial charge in [0.05, 0.1) is 33.8 Å². The second-order valence-corrected chi connectivity index (χ2v) is 19.3. The molecule has 348 valence electrons. The number of phosphoric ester groups is 3. The monoisotopic (exact) mass is 955 g/mol. The van der Waals surface area contributed by atoms with Crippen LogP contribution in [0.15, 0.2) is 37.0 Å². The third-order valence-corrected chi connectivity index (χ3v) is 12.4. The Morgan fingerprint density at radius 3 is 2.40 bits per heavy atom. The molecule has 2 unspecified atom stereocenters. The minimum atomic E-state index is -5.93. The number of hydrogen-bond donors (Lipinski definition) is 5. The van der Waals surface area contributed by atoms with E-state index in [1.165, 1.54) is 13.8 Å². The van der Waals surface area contributed by atoms with Gasteiger partial charge in [0.15, 0.2) is 22.8 Å². The fraction of sp³-hybridized carbons (Fsp3) is 0.606. The van der Waals surface area contributed by atoms with Crippen LogP contribution in [0.25, 0.3) is 11.2 Å². The quantitative estimate of drug-likeness (QED) is 0.0303. The highest BCUT2D eigenvalue weighted by atomic mass is 32.2. The van der Waals surface area contributed by atoms with E-state index in [0.717, 1.165) is 41.8 Å². The van der Waals surface area contributed by atoms with Crippen molar-refractivity contribution in [2.24, 2.45) is 5.41 Å². The number of aliphatic hydroxyl groups is 2. The van der Waals surface area contributed by atoms with Crippen LogP contribution in [0.4, 0.5) is 5.82 Å². The van der Waals surface area contributed by atoms with E-state index < -0.39 is 84.6 Å². The lowest BCUT2D eigenvalue weighted by atomic mass is 9.87. The van der Waals surface area contributed by atoms with Gasteiger partial charge in [-0.1, -0.05) is 56.8 Å². The summed E-state index contributed by atoms with van der Waals surface area (Å²) in [5, 5.41) is 25.9. The SMILES string of the molecule is CC/C=C\C/C=C\CCC(=O)CC(=O)SCCNC(=O)CCNC(=O)[C@H](O)C(C)(C)COP(=O)([O-])OP(=O)([O-])OC[C@H]1O[C@@H](n2cnc3c(N)ncnc32)[C@H](O)[C@@H]1OP(=O)([O-])[O-]. The summed E-state index contributed by atoms with van der Waals surface area (Å²) in [6.07, 6.45) is 2.44. The normalized spacial score (nSPS) is 20.9. The number of hydrogen-bond acceptors (Lipinski definition) is 23. The number of thioether (sulfide) groups is 1. The van der Waals surface area contributed by atoms with Crippen LogP contribution < -0.4 is 35.9 Å².